The number of hydrogen-bond donors (Lipinski definition) is 1. The Morgan fingerprint density at radius 3 is 2.67 bits per heavy atom. The third-order valence-corrected chi connectivity index (χ3v) is 5.20. The van der Waals surface area contributed by atoms with Crippen molar-refractivity contribution in [2.24, 2.45) is 0 Å². The number of nitrogens with one attached hydrogen (secondary N) is 1. The second kappa shape index (κ2) is 5.76. The third-order valence-electron chi connectivity index (χ3n) is 3.51. The summed E-state index contributed by atoms with van der Waals surface area (Å²) in [5.41, 5.74) is 0.755. The molecule has 1 aliphatic heterocycles. The molecule has 1 N–H and O–H groups in total. The fourth-order valence-corrected chi connectivity index (χ4v) is 3.70. The summed E-state index contributed by atoms with van der Waals surface area (Å²) in [6.45, 7) is 3.39. The zero-order chi connectivity index (χ0) is 14.9. The van der Waals surface area contributed by atoms with Crippen molar-refractivity contribution in [1.29, 1.82) is 0 Å². The molecule has 2 heterocycles. The number of furan rings is 1. The lowest BCUT2D eigenvalue weighted by Gasteiger charge is -2.27. The first-order valence-corrected chi connectivity index (χ1v) is 8.34. The summed E-state index contributed by atoms with van der Waals surface area (Å²) in [6, 6.07) is 9.04. The molecular weight excluding hydrogens is 292 g/mol. The summed E-state index contributed by atoms with van der Waals surface area (Å²) in [7, 11) is -3.52. The van der Waals surface area contributed by atoms with Crippen molar-refractivity contribution < 1.29 is 17.6 Å². The van der Waals surface area contributed by atoms with Crippen LogP contribution in [-0.2, 0) is 14.9 Å². The van der Waals surface area contributed by atoms with Gasteiger partial charge in [0, 0.05) is 18.5 Å². The van der Waals surface area contributed by atoms with Gasteiger partial charge in [-0.2, -0.15) is 17.4 Å². The molecule has 0 saturated carbocycles. The smallest absolute Gasteiger partial charge is 0.280 e. The Morgan fingerprint density at radius 1 is 1.24 bits per heavy atom. The molecule has 1 saturated heterocycles. The van der Waals surface area contributed by atoms with Crippen LogP contribution in [0, 0.1) is 0 Å². The first-order valence-electron chi connectivity index (χ1n) is 6.90. The van der Waals surface area contributed by atoms with Crippen LogP contribution >= 0.6 is 0 Å². The van der Waals surface area contributed by atoms with Crippen LogP contribution in [0.15, 0.2) is 34.7 Å². The van der Waals surface area contributed by atoms with E-state index < -0.39 is 16.3 Å². The van der Waals surface area contributed by atoms with Gasteiger partial charge in [-0.1, -0.05) is 18.2 Å². The number of morpholine rings is 1. The monoisotopic (exact) mass is 310 g/mol. The molecule has 0 spiro atoms. The number of benzene rings is 1. The van der Waals surface area contributed by atoms with Crippen LogP contribution in [0.3, 0.4) is 0 Å². The normalized spacial score (nSPS) is 18.9. The largest absolute Gasteiger partial charge is 0.459 e. The summed E-state index contributed by atoms with van der Waals surface area (Å²) >= 11 is 0. The van der Waals surface area contributed by atoms with Gasteiger partial charge in [0.15, 0.2) is 0 Å². The quantitative estimate of drug-likeness (QED) is 0.932. The summed E-state index contributed by atoms with van der Waals surface area (Å²) in [6.07, 6.45) is 0. The lowest BCUT2D eigenvalue weighted by atomic mass is 10.2. The molecule has 1 atom stereocenters. The Labute approximate surface area is 123 Å². The van der Waals surface area contributed by atoms with E-state index in [0.29, 0.717) is 32.1 Å². The van der Waals surface area contributed by atoms with Gasteiger partial charge in [0.2, 0.25) is 0 Å². The van der Waals surface area contributed by atoms with Crippen LogP contribution in [0.25, 0.3) is 11.0 Å². The van der Waals surface area contributed by atoms with Crippen molar-refractivity contribution in [1.82, 2.24) is 9.03 Å². The zero-order valence-electron chi connectivity index (χ0n) is 11.8. The second-order valence-electron chi connectivity index (χ2n) is 5.04. The van der Waals surface area contributed by atoms with Gasteiger partial charge in [0.25, 0.3) is 10.2 Å². The standard InChI is InChI=1S/C14H18N2O4S/c1-11(14-10-12-4-2-3-5-13(12)20-14)15-21(17,18)16-6-8-19-9-7-16/h2-5,10-11,15H,6-9H2,1H3. The maximum atomic E-state index is 12.3. The highest BCUT2D eigenvalue weighted by atomic mass is 32.2. The Morgan fingerprint density at radius 2 is 1.95 bits per heavy atom. The first kappa shape index (κ1) is 14.5. The Kier molecular flexibility index (Phi) is 3.99. The molecule has 1 aromatic heterocycles. The molecule has 6 nitrogen and oxygen atoms in total. The van der Waals surface area contributed by atoms with Crippen molar-refractivity contribution in [3.05, 3.63) is 36.1 Å². The highest BCUT2D eigenvalue weighted by Crippen LogP contribution is 2.24. The van der Waals surface area contributed by atoms with E-state index in [9.17, 15) is 8.42 Å². The average molecular weight is 310 g/mol. The molecule has 0 aliphatic carbocycles. The fourth-order valence-electron chi connectivity index (χ4n) is 2.36. The molecule has 0 amide bonds. The number of ether oxygens (including phenoxy) is 1. The third kappa shape index (κ3) is 3.11. The van der Waals surface area contributed by atoms with Gasteiger partial charge >= 0.3 is 0 Å². The molecule has 1 fully saturated rings. The Balaban J connectivity index is 1.77. The lowest BCUT2D eigenvalue weighted by Crippen LogP contribution is -2.47. The fraction of sp³-hybridized carbons (Fsp3) is 0.429. The van der Waals surface area contributed by atoms with Crippen LogP contribution in [0.1, 0.15) is 18.7 Å². The molecule has 1 unspecified atom stereocenters. The predicted molar refractivity (Wildman–Crippen MR) is 79.1 cm³/mol. The first-order chi connectivity index (χ1) is 10.1. The van der Waals surface area contributed by atoms with Gasteiger partial charge in [-0.15, -0.1) is 0 Å². The molecule has 0 radical (unpaired) electrons. The van der Waals surface area contributed by atoms with Crippen molar-refractivity contribution in [3.63, 3.8) is 0 Å². The van der Waals surface area contributed by atoms with Gasteiger partial charge in [0.05, 0.1) is 19.3 Å². The van der Waals surface area contributed by atoms with Crippen LogP contribution < -0.4 is 4.72 Å². The molecule has 7 heteroatoms. The minimum atomic E-state index is -3.52. The van der Waals surface area contributed by atoms with Gasteiger partial charge < -0.3 is 9.15 Å². The molecule has 21 heavy (non-hydrogen) atoms. The van der Waals surface area contributed by atoms with E-state index in [1.165, 1.54) is 4.31 Å². The molecule has 114 valence electrons. The molecule has 0 bridgehead atoms. The van der Waals surface area contributed by atoms with E-state index in [1.807, 2.05) is 30.3 Å². The van der Waals surface area contributed by atoms with E-state index >= 15 is 0 Å². The van der Waals surface area contributed by atoms with Crippen LogP contribution in [0.2, 0.25) is 0 Å². The predicted octanol–water partition coefficient (Wildman–Crippen LogP) is 1.66. The topological polar surface area (TPSA) is 71.8 Å². The van der Waals surface area contributed by atoms with Gasteiger partial charge in [-0.25, -0.2) is 0 Å². The van der Waals surface area contributed by atoms with Crippen molar-refractivity contribution >= 4 is 21.2 Å². The van der Waals surface area contributed by atoms with E-state index in [2.05, 4.69) is 4.72 Å². The van der Waals surface area contributed by atoms with E-state index in [0.717, 1.165) is 11.0 Å². The van der Waals surface area contributed by atoms with Gasteiger partial charge in [-0.3, -0.25) is 0 Å². The number of rotatable bonds is 4. The van der Waals surface area contributed by atoms with E-state index in [-0.39, 0.29) is 0 Å². The average Bonchev–Trinajstić information content (AvgIpc) is 2.92. The van der Waals surface area contributed by atoms with Gasteiger partial charge in [-0.05, 0) is 19.1 Å². The highest BCUT2D eigenvalue weighted by molar-refractivity contribution is 7.87. The van der Waals surface area contributed by atoms with E-state index in [1.54, 1.807) is 6.92 Å². The lowest BCUT2D eigenvalue weighted by molar-refractivity contribution is 0.0723. The van der Waals surface area contributed by atoms with Crippen LogP contribution in [-0.4, -0.2) is 39.0 Å². The SMILES string of the molecule is CC(NS(=O)(=O)N1CCOCC1)c1cc2ccccc2o1. The van der Waals surface area contributed by atoms with Crippen LogP contribution in [0.4, 0.5) is 0 Å². The summed E-state index contributed by atoms with van der Waals surface area (Å²) in [5.74, 6) is 0.605. The molecular formula is C14H18N2O4S. The summed E-state index contributed by atoms with van der Waals surface area (Å²) in [5, 5.41) is 0.963. The number of nitrogens with zero attached hydrogens (tertiary/aromatic N) is 1. The van der Waals surface area contributed by atoms with Crippen molar-refractivity contribution in [2.75, 3.05) is 26.3 Å². The Bertz CT molecular complexity index is 686. The molecule has 1 aliphatic rings. The molecule has 1 aromatic carbocycles. The maximum Gasteiger partial charge on any atom is 0.280 e. The second-order valence-corrected chi connectivity index (χ2v) is 6.74. The minimum absolute atomic E-state index is 0.377. The number of para-hydroxylation sites is 1. The summed E-state index contributed by atoms with van der Waals surface area (Å²) in [4.78, 5) is 0. The van der Waals surface area contributed by atoms with E-state index in [4.69, 9.17) is 9.15 Å². The Hall–Kier alpha value is -1.41. The molecule has 2 aromatic rings. The highest BCUT2D eigenvalue weighted by Gasteiger charge is 2.27. The molecule has 3 rings (SSSR count). The number of fused-ring (bicyclic) bond motifs is 1. The summed E-state index contributed by atoms with van der Waals surface area (Å²) < 4.78 is 39.5. The minimum Gasteiger partial charge on any atom is -0.459 e. The van der Waals surface area contributed by atoms with Crippen molar-refractivity contribution in [2.45, 2.75) is 13.0 Å². The van der Waals surface area contributed by atoms with Crippen LogP contribution in [0.5, 0.6) is 0 Å². The zero-order valence-corrected chi connectivity index (χ0v) is 12.6. The maximum absolute atomic E-state index is 12.3. The number of hydrogen-bond acceptors (Lipinski definition) is 4. The van der Waals surface area contributed by atoms with Gasteiger partial charge in [0.1, 0.15) is 11.3 Å². The van der Waals surface area contributed by atoms with Crippen molar-refractivity contribution in [3.8, 4) is 0 Å².